The van der Waals surface area contributed by atoms with Gasteiger partial charge in [0.1, 0.15) is 5.75 Å². The first-order valence-corrected chi connectivity index (χ1v) is 9.11. The van der Waals surface area contributed by atoms with Crippen LogP contribution in [0.2, 0.25) is 0 Å². The Morgan fingerprint density at radius 2 is 1.88 bits per heavy atom. The average molecular weight is 369 g/mol. The minimum atomic E-state index is -0.104. The number of carbonyl (C=O) groups excluding carboxylic acids is 1. The van der Waals surface area contributed by atoms with Gasteiger partial charge in [0.2, 0.25) is 5.91 Å². The van der Waals surface area contributed by atoms with Gasteiger partial charge in [0.25, 0.3) is 0 Å². The van der Waals surface area contributed by atoms with Crippen molar-refractivity contribution in [3.63, 3.8) is 0 Å². The van der Waals surface area contributed by atoms with Gasteiger partial charge in [-0.15, -0.1) is 10.2 Å². The van der Waals surface area contributed by atoms with Crippen LogP contribution in [0.15, 0.2) is 53.9 Å². The molecule has 0 unspecified atom stereocenters. The summed E-state index contributed by atoms with van der Waals surface area (Å²) in [6.07, 6.45) is 3.42. The Labute approximate surface area is 155 Å². The Morgan fingerprint density at radius 3 is 2.58 bits per heavy atom. The van der Waals surface area contributed by atoms with Crippen molar-refractivity contribution in [2.75, 3.05) is 17.7 Å². The molecule has 0 saturated carbocycles. The third kappa shape index (κ3) is 4.40. The number of ether oxygens (including phenoxy) is 1. The predicted molar refractivity (Wildman–Crippen MR) is 101 cm³/mol. The van der Waals surface area contributed by atoms with E-state index < -0.39 is 0 Å². The third-order valence-electron chi connectivity index (χ3n) is 3.55. The van der Waals surface area contributed by atoms with Gasteiger partial charge < -0.3 is 14.6 Å². The van der Waals surface area contributed by atoms with Crippen LogP contribution in [0, 0.1) is 0 Å². The summed E-state index contributed by atoms with van der Waals surface area (Å²) in [5.74, 6) is 1.66. The first-order valence-electron chi connectivity index (χ1n) is 8.12. The van der Waals surface area contributed by atoms with E-state index in [1.165, 1.54) is 11.8 Å². The maximum Gasteiger partial charge on any atom is 0.234 e. The molecule has 0 aliphatic rings. The third-order valence-corrected chi connectivity index (χ3v) is 4.58. The lowest BCUT2D eigenvalue weighted by molar-refractivity contribution is -0.113. The maximum absolute atomic E-state index is 12.2. The summed E-state index contributed by atoms with van der Waals surface area (Å²) in [4.78, 5) is 16.2. The van der Waals surface area contributed by atoms with E-state index in [1.807, 2.05) is 54.9 Å². The number of amides is 1. The van der Waals surface area contributed by atoms with E-state index in [1.54, 1.807) is 12.4 Å². The lowest BCUT2D eigenvalue weighted by Crippen LogP contribution is -2.14. The summed E-state index contributed by atoms with van der Waals surface area (Å²) in [5.41, 5.74) is 1.66. The molecule has 134 valence electrons. The minimum Gasteiger partial charge on any atom is -0.494 e. The minimum absolute atomic E-state index is 0.104. The second kappa shape index (κ2) is 8.48. The monoisotopic (exact) mass is 369 g/mol. The van der Waals surface area contributed by atoms with Crippen molar-refractivity contribution in [1.29, 1.82) is 0 Å². The number of anilines is 1. The first-order chi connectivity index (χ1) is 12.7. The number of carbonyl (C=O) groups is 1. The number of hydrogen-bond donors (Lipinski definition) is 1. The van der Waals surface area contributed by atoms with Crippen LogP contribution in [-0.4, -0.2) is 38.0 Å². The fraction of sp³-hybridized carbons (Fsp3) is 0.222. The number of hydrogen-bond acceptors (Lipinski definition) is 6. The highest BCUT2D eigenvalue weighted by molar-refractivity contribution is 7.99. The van der Waals surface area contributed by atoms with Crippen LogP contribution in [0.1, 0.15) is 6.92 Å². The SMILES string of the molecule is CCOc1ccc(NC(=O)CSc2nnc(-c3ccncc3)n2C)cc1. The molecule has 0 bridgehead atoms. The van der Waals surface area contributed by atoms with Crippen molar-refractivity contribution in [3.05, 3.63) is 48.8 Å². The second-order valence-electron chi connectivity index (χ2n) is 5.40. The van der Waals surface area contributed by atoms with Crippen LogP contribution in [0.4, 0.5) is 5.69 Å². The zero-order valence-electron chi connectivity index (χ0n) is 14.5. The van der Waals surface area contributed by atoms with Crippen molar-refractivity contribution in [2.24, 2.45) is 7.05 Å². The molecule has 2 heterocycles. The average Bonchev–Trinajstić information content (AvgIpc) is 3.03. The number of benzene rings is 1. The fourth-order valence-corrected chi connectivity index (χ4v) is 3.03. The van der Waals surface area contributed by atoms with Crippen LogP contribution < -0.4 is 10.1 Å². The molecule has 0 spiro atoms. The summed E-state index contributed by atoms with van der Waals surface area (Å²) in [7, 11) is 1.88. The normalized spacial score (nSPS) is 10.5. The van der Waals surface area contributed by atoms with E-state index in [0.29, 0.717) is 11.8 Å². The zero-order chi connectivity index (χ0) is 18.4. The Morgan fingerprint density at radius 1 is 1.15 bits per heavy atom. The molecule has 0 aliphatic heterocycles. The number of pyridine rings is 1. The zero-order valence-corrected chi connectivity index (χ0v) is 15.4. The number of nitrogens with one attached hydrogen (secondary N) is 1. The van der Waals surface area contributed by atoms with E-state index in [4.69, 9.17) is 4.74 Å². The number of thioether (sulfide) groups is 1. The van der Waals surface area contributed by atoms with Crippen molar-refractivity contribution in [1.82, 2.24) is 19.7 Å². The molecule has 0 radical (unpaired) electrons. The van der Waals surface area contributed by atoms with Gasteiger partial charge in [-0.2, -0.15) is 0 Å². The van der Waals surface area contributed by atoms with Gasteiger partial charge in [-0.25, -0.2) is 0 Å². The highest BCUT2D eigenvalue weighted by Gasteiger charge is 2.13. The topological polar surface area (TPSA) is 81.9 Å². The van der Waals surface area contributed by atoms with Crippen LogP contribution in [-0.2, 0) is 11.8 Å². The van der Waals surface area contributed by atoms with E-state index in [-0.39, 0.29) is 11.7 Å². The molecule has 0 aliphatic carbocycles. The molecule has 2 aromatic heterocycles. The summed E-state index contributed by atoms with van der Waals surface area (Å²) < 4.78 is 7.25. The van der Waals surface area contributed by atoms with Crippen LogP contribution >= 0.6 is 11.8 Å². The van der Waals surface area contributed by atoms with Gasteiger partial charge in [0, 0.05) is 30.7 Å². The largest absolute Gasteiger partial charge is 0.494 e. The van der Waals surface area contributed by atoms with E-state index in [9.17, 15) is 4.79 Å². The predicted octanol–water partition coefficient (Wildman–Crippen LogP) is 3.01. The Kier molecular flexibility index (Phi) is 5.85. The summed E-state index contributed by atoms with van der Waals surface area (Å²) >= 11 is 1.34. The van der Waals surface area contributed by atoms with Crippen molar-refractivity contribution >= 4 is 23.4 Å². The Bertz CT molecular complexity index is 865. The molecule has 26 heavy (non-hydrogen) atoms. The van der Waals surface area contributed by atoms with E-state index in [0.717, 1.165) is 22.8 Å². The molecule has 1 aromatic carbocycles. The van der Waals surface area contributed by atoms with Gasteiger partial charge in [0.15, 0.2) is 11.0 Å². The van der Waals surface area contributed by atoms with E-state index >= 15 is 0 Å². The highest BCUT2D eigenvalue weighted by Crippen LogP contribution is 2.22. The molecule has 0 saturated heterocycles. The maximum atomic E-state index is 12.2. The molecule has 8 heteroatoms. The molecular formula is C18H19N5O2S. The summed E-state index contributed by atoms with van der Waals surface area (Å²) in [6, 6.07) is 11.0. The molecule has 1 amide bonds. The smallest absolute Gasteiger partial charge is 0.234 e. The van der Waals surface area contributed by atoms with Crippen LogP contribution in [0.3, 0.4) is 0 Å². The van der Waals surface area contributed by atoms with Crippen LogP contribution in [0.5, 0.6) is 5.75 Å². The molecule has 3 rings (SSSR count). The molecule has 0 atom stereocenters. The van der Waals surface area contributed by atoms with Crippen molar-refractivity contribution in [2.45, 2.75) is 12.1 Å². The number of aromatic nitrogens is 4. The standard InChI is InChI=1S/C18H19N5O2S/c1-3-25-15-6-4-14(5-7-15)20-16(24)12-26-18-22-21-17(23(18)2)13-8-10-19-11-9-13/h4-11H,3,12H2,1-2H3,(H,20,24). The lowest BCUT2D eigenvalue weighted by Gasteiger charge is -2.07. The van der Waals surface area contributed by atoms with Gasteiger partial charge in [0.05, 0.1) is 12.4 Å². The Hall–Kier alpha value is -2.87. The second-order valence-corrected chi connectivity index (χ2v) is 6.34. The quantitative estimate of drug-likeness (QED) is 0.645. The van der Waals surface area contributed by atoms with Crippen molar-refractivity contribution in [3.8, 4) is 17.1 Å². The molecule has 1 N–H and O–H groups in total. The molecule has 0 fully saturated rings. The number of rotatable bonds is 7. The lowest BCUT2D eigenvalue weighted by atomic mass is 10.2. The summed E-state index contributed by atoms with van der Waals surface area (Å²) in [5, 5.41) is 11.9. The Balaban J connectivity index is 1.57. The fourth-order valence-electron chi connectivity index (χ4n) is 2.32. The van der Waals surface area contributed by atoms with Crippen LogP contribution in [0.25, 0.3) is 11.4 Å². The van der Waals surface area contributed by atoms with Gasteiger partial charge in [-0.3, -0.25) is 9.78 Å². The molecule has 7 nitrogen and oxygen atoms in total. The highest BCUT2D eigenvalue weighted by atomic mass is 32.2. The first kappa shape index (κ1) is 17.9. The molecular weight excluding hydrogens is 350 g/mol. The van der Waals surface area contributed by atoms with Gasteiger partial charge in [-0.05, 0) is 43.3 Å². The number of nitrogens with zero attached hydrogens (tertiary/aromatic N) is 4. The van der Waals surface area contributed by atoms with Gasteiger partial charge in [-0.1, -0.05) is 11.8 Å². The molecule has 3 aromatic rings. The van der Waals surface area contributed by atoms with E-state index in [2.05, 4.69) is 20.5 Å². The van der Waals surface area contributed by atoms with Crippen molar-refractivity contribution < 1.29 is 9.53 Å². The van der Waals surface area contributed by atoms with Gasteiger partial charge >= 0.3 is 0 Å². The summed E-state index contributed by atoms with van der Waals surface area (Å²) in [6.45, 7) is 2.54.